The molecule has 0 bridgehead atoms. The molecule has 1 aliphatic rings. The summed E-state index contributed by atoms with van der Waals surface area (Å²) in [5, 5.41) is 4.54. The summed E-state index contributed by atoms with van der Waals surface area (Å²) in [5.41, 5.74) is 2.65. The van der Waals surface area contributed by atoms with E-state index in [-0.39, 0.29) is 11.4 Å². The summed E-state index contributed by atoms with van der Waals surface area (Å²) in [6.07, 6.45) is 1.79. The van der Waals surface area contributed by atoms with Gasteiger partial charge in [-0.1, -0.05) is 53.5 Å². The predicted octanol–water partition coefficient (Wildman–Crippen LogP) is 4.18. The second-order valence-corrected chi connectivity index (χ2v) is 5.73. The summed E-state index contributed by atoms with van der Waals surface area (Å²) in [4.78, 5) is 12.3. The molecule has 0 unspecified atom stereocenters. The number of nitrogens with one attached hydrogen (secondary N) is 1. The molecule has 0 saturated heterocycles. The van der Waals surface area contributed by atoms with Gasteiger partial charge in [-0.05, 0) is 36.1 Å². The minimum absolute atomic E-state index is 0.0143. The highest BCUT2D eigenvalue weighted by Gasteiger charge is 2.41. The molecule has 0 aromatic heterocycles. The number of amides is 1. The minimum atomic E-state index is -0.213. The molecule has 1 aromatic carbocycles. The lowest BCUT2D eigenvalue weighted by atomic mass is 9.85. The molecule has 0 radical (unpaired) electrons. The van der Waals surface area contributed by atoms with E-state index in [1.165, 1.54) is 0 Å². The summed E-state index contributed by atoms with van der Waals surface area (Å²) < 4.78 is 0. The molecule has 0 spiro atoms. The molecular formula is C15H17BrClNO. The van der Waals surface area contributed by atoms with Gasteiger partial charge in [-0.25, -0.2) is 0 Å². The fraction of sp³-hybridized carbons (Fsp3) is 0.400. The van der Waals surface area contributed by atoms with Gasteiger partial charge in [-0.3, -0.25) is 4.79 Å². The molecule has 1 aliphatic heterocycles. The molecular weight excluding hydrogens is 326 g/mol. The first-order chi connectivity index (χ1) is 9.07. The maximum absolute atomic E-state index is 12.3. The SMILES string of the molecule is CCC1(CC)NC(=O)C(c2ccc(Cl)cc2)=C1CBr. The molecule has 1 amide bonds. The van der Waals surface area contributed by atoms with Crippen LogP contribution < -0.4 is 5.32 Å². The highest BCUT2D eigenvalue weighted by molar-refractivity contribution is 9.09. The topological polar surface area (TPSA) is 29.1 Å². The van der Waals surface area contributed by atoms with Gasteiger partial charge < -0.3 is 5.32 Å². The van der Waals surface area contributed by atoms with E-state index in [1.807, 2.05) is 24.3 Å². The smallest absolute Gasteiger partial charge is 0.252 e. The van der Waals surface area contributed by atoms with Crippen molar-refractivity contribution in [1.82, 2.24) is 5.32 Å². The van der Waals surface area contributed by atoms with Crippen molar-refractivity contribution in [3.8, 4) is 0 Å². The Labute approximate surface area is 127 Å². The summed E-state index contributed by atoms with van der Waals surface area (Å²) in [7, 11) is 0. The predicted molar refractivity (Wildman–Crippen MR) is 83.6 cm³/mol. The zero-order valence-corrected chi connectivity index (χ0v) is 13.4. The molecule has 0 fully saturated rings. The average molecular weight is 343 g/mol. The summed E-state index contributed by atoms with van der Waals surface area (Å²) in [5.74, 6) is 0.0143. The molecule has 2 nitrogen and oxygen atoms in total. The summed E-state index contributed by atoms with van der Waals surface area (Å²) >= 11 is 9.45. The molecule has 2 rings (SSSR count). The Balaban J connectivity index is 2.57. The van der Waals surface area contributed by atoms with E-state index in [1.54, 1.807) is 0 Å². The first-order valence-corrected chi connectivity index (χ1v) is 7.96. The van der Waals surface area contributed by atoms with Crippen molar-refractivity contribution < 1.29 is 4.79 Å². The molecule has 0 saturated carbocycles. The zero-order valence-electron chi connectivity index (χ0n) is 11.1. The van der Waals surface area contributed by atoms with E-state index in [9.17, 15) is 4.79 Å². The quantitative estimate of drug-likeness (QED) is 0.817. The van der Waals surface area contributed by atoms with Crippen LogP contribution in [0, 0.1) is 0 Å². The standard InChI is InChI=1S/C15H17BrClNO/c1-3-15(4-2)12(9-16)13(14(19)18-15)10-5-7-11(17)8-6-10/h5-8H,3-4,9H2,1-2H3,(H,18,19). The van der Waals surface area contributed by atoms with Crippen molar-refractivity contribution in [3.63, 3.8) is 0 Å². The van der Waals surface area contributed by atoms with Crippen molar-refractivity contribution in [1.29, 1.82) is 0 Å². The first-order valence-electron chi connectivity index (χ1n) is 6.46. The Hall–Kier alpha value is -0.800. The molecule has 4 heteroatoms. The number of carbonyl (C=O) groups is 1. The normalized spacial score (nSPS) is 17.8. The van der Waals surface area contributed by atoms with Crippen LogP contribution >= 0.6 is 27.5 Å². The number of carbonyl (C=O) groups excluding carboxylic acids is 1. The third kappa shape index (κ3) is 2.46. The monoisotopic (exact) mass is 341 g/mol. The second kappa shape index (κ2) is 5.68. The van der Waals surface area contributed by atoms with E-state index < -0.39 is 0 Å². The molecule has 0 atom stereocenters. The van der Waals surface area contributed by atoms with Crippen LogP contribution in [-0.4, -0.2) is 16.8 Å². The highest BCUT2D eigenvalue weighted by atomic mass is 79.9. The molecule has 1 aromatic rings. The van der Waals surface area contributed by atoms with E-state index in [0.29, 0.717) is 10.4 Å². The van der Waals surface area contributed by atoms with Gasteiger partial charge in [0.05, 0.1) is 5.54 Å². The van der Waals surface area contributed by atoms with Crippen LogP contribution in [0.3, 0.4) is 0 Å². The van der Waals surface area contributed by atoms with Gasteiger partial charge >= 0.3 is 0 Å². The van der Waals surface area contributed by atoms with Crippen molar-refractivity contribution >= 4 is 39.0 Å². The maximum Gasteiger partial charge on any atom is 0.252 e. The third-order valence-corrected chi connectivity index (χ3v) is 4.75. The van der Waals surface area contributed by atoms with Gasteiger partial charge in [0.2, 0.25) is 0 Å². The number of halogens is 2. The van der Waals surface area contributed by atoms with Crippen LogP contribution in [0.2, 0.25) is 5.02 Å². The molecule has 19 heavy (non-hydrogen) atoms. The lowest BCUT2D eigenvalue weighted by Gasteiger charge is -2.29. The summed E-state index contributed by atoms with van der Waals surface area (Å²) in [6, 6.07) is 7.45. The largest absolute Gasteiger partial charge is 0.343 e. The molecule has 0 aliphatic carbocycles. The Bertz CT molecular complexity index is 517. The van der Waals surface area contributed by atoms with Crippen LogP contribution in [0.15, 0.2) is 29.8 Å². The van der Waals surface area contributed by atoms with E-state index in [4.69, 9.17) is 11.6 Å². The Morgan fingerprint density at radius 3 is 2.26 bits per heavy atom. The molecule has 1 heterocycles. The summed E-state index contributed by atoms with van der Waals surface area (Å²) in [6.45, 7) is 4.22. The maximum atomic E-state index is 12.3. The second-order valence-electron chi connectivity index (χ2n) is 4.74. The number of benzene rings is 1. The lowest BCUT2D eigenvalue weighted by molar-refractivity contribution is -0.116. The van der Waals surface area contributed by atoms with Crippen molar-refractivity contribution in [2.24, 2.45) is 0 Å². The van der Waals surface area contributed by atoms with Crippen LogP contribution in [0.25, 0.3) is 5.57 Å². The Morgan fingerprint density at radius 2 is 1.79 bits per heavy atom. The van der Waals surface area contributed by atoms with Gasteiger partial charge in [0.25, 0.3) is 5.91 Å². The van der Waals surface area contributed by atoms with Crippen LogP contribution in [0.1, 0.15) is 32.3 Å². The number of hydrogen-bond acceptors (Lipinski definition) is 1. The van der Waals surface area contributed by atoms with Crippen molar-refractivity contribution in [2.45, 2.75) is 32.2 Å². The van der Waals surface area contributed by atoms with Crippen LogP contribution in [0.5, 0.6) is 0 Å². The van der Waals surface area contributed by atoms with E-state index in [2.05, 4.69) is 35.1 Å². The number of hydrogen-bond donors (Lipinski definition) is 1. The fourth-order valence-electron chi connectivity index (χ4n) is 2.70. The zero-order chi connectivity index (χ0) is 14.0. The van der Waals surface area contributed by atoms with Gasteiger partial charge in [0, 0.05) is 15.9 Å². The first kappa shape index (κ1) is 14.6. The molecule has 1 N–H and O–H groups in total. The highest BCUT2D eigenvalue weighted by Crippen LogP contribution is 2.38. The van der Waals surface area contributed by atoms with Gasteiger partial charge in [0.15, 0.2) is 0 Å². The van der Waals surface area contributed by atoms with Crippen molar-refractivity contribution in [2.75, 3.05) is 5.33 Å². The van der Waals surface area contributed by atoms with Gasteiger partial charge in [0.1, 0.15) is 0 Å². The van der Waals surface area contributed by atoms with Crippen LogP contribution in [-0.2, 0) is 4.79 Å². The van der Waals surface area contributed by atoms with E-state index >= 15 is 0 Å². The Kier molecular flexibility index (Phi) is 4.36. The van der Waals surface area contributed by atoms with Gasteiger partial charge in [-0.15, -0.1) is 0 Å². The average Bonchev–Trinajstić information content (AvgIpc) is 2.72. The molecule has 102 valence electrons. The third-order valence-electron chi connectivity index (χ3n) is 3.93. The number of alkyl halides is 1. The van der Waals surface area contributed by atoms with Crippen molar-refractivity contribution in [3.05, 3.63) is 40.4 Å². The lowest BCUT2D eigenvalue weighted by Crippen LogP contribution is -2.43. The van der Waals surface area contributed by atoms with E-state index in [0.717, 1.165) is 29.6 Å². The minimum Gasteiger partial charge on any atom is -0.343 e. The fourth-order valence-corrected chi connectivity index (χ4v) is 3.64. The Morgan fingerprint density at radius 1 is 1.21 bits per heavy atom. The van der Waals surface area contributed by atoms with Gasteiger partial charge in [-0.2, -0.15) is 0 Å². The number of rotatable bonds is 4. The van der Waals surface area contributed by atoms with Crippen LogP contribution in [0.4, 0.5) is 0 Å².